The second-order valence-electron chi connectivity index (χ2n) is 5.72. The predicted molar refractivity (Wildman–Crippen MR) is 102 cm³/mol. The highest BCUT2D eigenvalue weighted by molar-refractivity contribution is 5.92. The van der Waals surface area contributed by atoms with Gasteiger partial charge in [-0.3, -0.25) is 5.10 Å². The summed E-state index contributed by atoms with van der Waals surface area (Å²) in [5.74, 6) is 0.704. The molecule has 4 rings (SSSR count). The Bertz CT molecular complexity index is 1090. The predicted octanol–water partition coefficient (Wildman–Crippen LogP) is 3.63. The van der Waals surface area contributed by atoms with E-state index in [-0.39, 0.29) is 5.97 Å². The van der Waals surface area contributed by atoms with E-state index in [1.807, 2.05) is 18.2 Å². The molecule has 0 saturated carbocycles. The number of esters is 1. The van der Waals surface area contributed by atoms with E-state index in [1.165, 1.54) is 7.11 Å². The molecule has 134 valence electrons. The van der Waals surface area contributed by atoms with Gasteiger partial charge in [0.2, 0.25) is 5.95 Å². The Morgan fingerprint density at radius 1 is 1.07 bits per heavy atom. The van der Waals surface area contributed by atoms with Crippen molar-refractivity contribution in [2.45, 2.75) is 0 Å². The van der Waals surface area contributed by atoms with Crippen molar-refractivity contribution in [2.75, 3.05) is 17.7 Å². The molecule has 27 heavy (non-hydrogen) atoms. The molecule has 4 aromatic rings. The van der Waals surface area contributed by atoms with Gasteiger partial charge in [-0.05, 0) is 42.5 Å². The molecule has 8 nitrogen and oxygen atoms in total. The Morgan fingerprint density at radius 2 is 1.93 bits per heavy atom. The number of carbonyl (C=O) groups excluding carboxylic acids is 1. The maximum Gasteiger partial charge on any atom is 0.337 e. The maximum absolute atomic E-state index is 11.5. The smallest absolute Gasteiger partial charge is 0.337 e. The van der Waals surface area contributed by atoms with Gasteiger partial charge in [0.15, 0.2) is 0 Å². The van der Waals surface area contributed by atoms with E-state index in [2.05, 4.69) is 30.8 Å². The van der Waals surface area contributed by atoms with E-state index < -0.39 is 0 Å². The van der Waals surface area contributed by atoms with Crippen molar-refractivity contribution in [3.63, 3.8) is 0 Å². The number of hydrogen-bond donors (Lipinski definition) is 3. The first-order chi connectivity index (χ1) is 13.2. The summed E-state index contributed by atoms with van der Waals surface area (Å²) in [4.78, 5) is 20.2. The number of H-pyrrole nitrogens is 1. The number of methoxy groups -OCH3 is 1. The maximum atomic E-state index is 11.5. The monoisotopic (exact) mass is 360 g/mol. The number of ether oxygens (including phenoxy) is 1. The third-order valence-corrected chi connectivity index (χ3v) is 3.97. The van der Waals surface area contributed by atoms with Crippen LogP contribution < -0.4 is 10.6 Å². The van der Waals surface area contributed by atoms with Crippen molar-refractivity contribution in [1.82, 2.24) is 20.2 Å². The van der Waals surface area contributed by atoms with Gasteiger partial charge in [0, 0.05) is 17.3 Å². The number of carbonyl (C=O) groups is 1. The molecule has 0 radical (unpaired) electrons. The van der Waals surface area contributed by atoms with E-state index in [4.69, 9.17) is 4.74 Å². The molecule has 2 heterocycles. The Kier molecular flexibility index (Phi) is 4.36. The number of aromatic nitrogens is 4. The molecule has 0 aliphatic rings. The SMILES string of the molecule is COC(=O)c1ccc(Nc2nccc(Nc3cccc4[nH]ncc34)n2)cc1. The zero-order valence-corrected chi connectivity index (χ0v) is 14.4. The van der Waals surface area contributed by atoms with Crippen LogP contribution in [0.4, 0.5) is 23.1 Å². The van der Waals surface area contributed by atoms with E-state index in [1.54, 1.807) is 42.7 Å². The molecule has 3 N–H and O–H groups in total. The third-order valence-electron chi connectivity index (χ3n) is 3.97. The van der Waals surface area contributed by atoms with Gasteiger partial charge >= 0.3 is 5.97 Å². The molecule has 0 bridgehead atoms. The second-order valence-corrected chi connectivity index (χ2v) is 5.72. The van der Waals surface area contributed by atoms with Crippen molar-refractivity contribution in [2.24, 2.45) is 0 Å². The van der Waals surface area contributed by atoms with E-state index >= 15 is 0 Å². The Labute approximate surface area is 154 Å². The number of fused-ring (bicyclic) bond motifs is 1. The molecular formula is C19H16N6O2. The van der Waals surface area contributed by atoms with E-state index in [9.17, 15) is 4.79 Å². The standard InChI is InChI=1S/C19H16N6O2/c1-27-18(26)12-5-7-13(8-6-12)22-19-20-10-9-17(24-19)23-15-3-2-4-16-14(15)11-21-25-16/h2-11H,1H3,(H,21,25)(H2,20,22,23,24). The highest BCUT2D eigenvalue weighted by Crippen LogP contribution is 2.24. The topological polar surface area (TPSA) is 105 Å². The van der Waals surface area contributed by atoms with Crippen LogP contribution in [0.3, 0.4) is 0 Å². The number of benzene rings is 2. The summed E-state index contributed by atoms with van der Waals surface area (Å²) in [5, 5.41) is 14.4. The quantitative estimate of drug-likeness (QED) is 0.467. The van der Waals surface area contributed by atoms with Crippen LogP contribution in [-0.2, 0) is 4.74 Å². The minimum absolute atomic E-state index is 0.377. The zero-order chi connectivity index (χ0) is 18.6. The van der Waals surface area contributed by atoms with Crippen LogP contribution in [0.25, 0.3) is 10.9 Å². The molecular weight excluding hydrogens is 344 g/mol. The molecule has 0 saturated heterocycles. The first kappa shape index (κ1) is 16.5. The van der Waals surface area contributed by atoms with Crippen LogP contribution in [0.5, 0.6) is 0 Å². The van der Waals surface area contributed by atoms with E-state index in [0.717, 1.165) is 22.3 Å². The molecule has 0 fully saturated rings. The lowest BCUT2D eigenvalue weighted by Crippen LogP contribution is -2.02. The number of aromatic amines is 1. The van der Waals surface area contributed by atoms with Crippen LogP contribution >= 0.6 is 0 Å². The molecule has 0 amide bonds. The fraction of sp³-hybridized carbons (Fsp3) is 0.0526. The largest absolute Gasteiger partial charge is 0.465 e. The molecule has 2 aromatic heterocycles. The summed E-state index contributed by atoms with van der Waals surface area (Å²) in [5.41, 5.74) is 3.08. The highest BCUT2D eigenvalue weighted by atomic mass is 16.5. The van der Waals surface area contributed by atoms with Crippen LogP contribution in [0, 0.1) is 0 Å². The molecule has 0 atom stereocenters. The van der Waals surface area contributed by atoms with Gasteiger partial charge in [-0.1, -0.05) is 6.07 Å². The number of nitrogens with one attached hydrogen (secondary N) is 3. The molecule has 0 unspecified atom stereocenters. The number of nitrogens with zero attached hydrogens (tertiary/aromatic N) is 3. The Morgan fingerprint density at radius 3 is 2.74 bits per heavy atom. The average Bonchev–Trinajstić information content (AvgIpc) is 3.18. The van der Waals surface area contributed by atoms with Gasteiger partial charge in [0.05, 0.1) is 30.1 Å². The van der Waals surface area contributed by atoms with Crippen LogP contribution in [0.2, 0.25) is 0 Å². The summed E-state index contributed by atoms with van der Waals surface area (Å²) in [6, 6.07) is 14.5. The number of hydrogen-bond acceptors (Lipinski definition) is 7. The van der Waals surface area contributed by atoms with Crippen molar-refractivity contribution in [3.05, 3.63) is 66.5 Å². The highest BCUT2D eigenvalue weighted by Gasteiger charge is 2.07. The fourth-order valence-corrected chi connectivity index (χ4v) is 2.64. The van der Waals surface area contributed by atoms with Crippen molar-refractivity contribution in [3.8, 4) is 0 Å². The van der Waals surface area contributed by atoms with Gasteiger partial charge in [0.1, 0.15) is 5.82 Å². The summed E-state index contributed by atoms with van der Waals surface area (Å²) < 4.78 is 4.69. The lowest BCUT2D eigenvalue weighted by atomic mass is 10.2. The molecule has 0 aliphatic carbocycles. The van der Waals surface area contributed by atoms with Crippen LogP contribution in [0.1, 0.15) is 10.4 Å². The van der Waals surface area contributed by atoms with Crippen molar-refractivity contribution < 1.29 is 9.53 Å². The second kappa shape index (κ2) is 7.12. The number of anilines is 4. The summed E-state index contributed by atoms with van der Waals surface area (Å²) in [6.07, 6.45) is 3.43. The molecule has 0 aliphatic heterocycles. The van der Waals surface area contributed by atoms with Gasteiger partial charge in [-0.2, -0.15) is 10.1 Å². The summed E-state index contributed by atoms with van der Waals surface area (Å²) in [7, 11) is 1.35. The lowest BCUT2D eigenvalue weighted by Gasteiger charge is -2.09. The van der Waals surface area contributed by atoms with Gasteiger partial charge in [-0.15, -0.1) is 0 Å². The van der Waals surface area contributed by atoms with Crippen LogP contribution in [-0.4, -0.2) is 33.2 Å². The van der Waals surface area contributed by atoms with E-state index in [0.29, 0.717) is 17.3 Å². The zero-order valence-electron chi connectivity index (χ0n) is 14.4. The molecule has 8 heteroatoms. The van der Waals surface area contributed by atoms with Gasteiger partial charge < -0.3 is 15.4 Å². The minimum Gasteiger partial charge on any atom is -0.465 e. The van der Waals surface area contributed by atoms with Crippen molar-refractivity contribution >= 4 is 40.0 Å². The Hall–Kier alpha value is -3.94. The van der Waals surface area contributed by atoms with Gasteiger partial charge in [0.25, 0.3) is 0 Å². The molecule has 2 aromatic carbocycles. The minimum atomic E-state index is -0.377. The number of rotatable bonds is 5. The van der Waals surface area contributed by atoms with Crippen molar-refractivity contribution in [1.29, 1.82) is 0 Å². The lowest BCUT2D eigenvalue weighted by molar-refractivity contribution is 0.0601. The average molecular weight is 360 g/mol. The Balaban J connectivity index is 1.52. The fourth-order valence-electron chi connectivity index (χ4n) is 2.64. The third kappa shape index (κ3) is 3.54. The summed E-state index contributed by atoms with van der Waals surface area (Å²) in [6.45, 7) is 0. The summed E-state index contributed by atoms with van der Waals surface area (Å²) >= 11 is 0. The first-order valence-electron chi connectivity index (χ1n) is 8.20. The molecule has 0 spiro atoms. The van der Waals surface area contributed by atoms with Gasteiger partial charge in [-0.25, -0.2) is 9.78 Å². The van der Waals surface area contributed by atoms with Crippen LogP contribution in [0.15, 0.2) is 60.9 Å². The normalized spacial score (nSPS) is 10.6. The first-order valence-corrected chi connectivity index (χ1v) is 8.20.